The van der Waals surface area contributed by atoms with Crippen LogP contribution in [-0.2, 0) is 9.59 Å². The van der Waals surface area contributed by atoms with E-state index < -0.39 is 18.2 Å². The molecule has 0 bridgehead atoms. The van der Waals surface area contributed by atoms with Crippen LogP contribution in [-0.4, -0.2) is 41.9 Å². The van der Waals surface area contributed by atoms with Gasteiger partial charge in [-0.1, -0.05) is 68.8 Å². The van der Waals surface area contributed by atoms with E-state index in [9.17, 15) is 14.7 Å². The second kappa shape index (κ2) is 9.01. The summed E-state index contributed by atoms with van der Waals surface area (Å²) in [6, 6.07) is 17.1. The number of nitrogens with one attached hydrogen (secondary N) is 1. The molecule has 0 aliphatic carbocycles. The van der Waals surface area contributed by atoms with Crippen molar-refractivity contribution >= 4 is 23.2 Å². The van der Waals surface area contributed by atoms with E-state index in [1.807, 2.05) is 61.5 Å². The average Bonchev–Trinajstić information content (AvgIpc) is 2.84. The third-order valence-electron chi connectivity index (χ3n) is 5.24. The Bertz CT molecular complexity index is 911. The molecule has 2 amide bonds. The van der Waals surface area contributed by atoms with Crippen molar-refractivity contribution in [1.82, 2.24) is 5.32 Å². The largest absolute Gasteiger partial charge is 0.392 e. The second-order valence-electron chi connectivity index (χ2n) is 7.31. The van der Waals surface area contributed by atoms with Crippen molar-refractivity contribution in [1.29, 1.82) is 0 Å². The van der Waals surface area contributed by atoms with Gasteiger partial charge >= 0.3 is 0 Å². The standard InChI is InChI=1S/C23H27N3O3/c1-4-10-19(27)15(2)22(28)25-21-23(29)26(3)18-14-9-8-13-17(18)20(24-21)16-11-6-5-7-12-16/h5-9,11-15,19,21,27H,4,10H2,1-3H3,(H,25,28)/t15?,19-,21?/m0/s1. The first-order chi connectivity index (χ1) is 13.9. The molecule has 0 spiro atoms. The zero-order valence-electron chi connectivity index (χ0n) is 17.0. The fraction of sp³-hybridized carbons (Fsp3) is 0.348. The van der Waals surface area contributed by atoms with Crippen molar-refractivity contribution in [2.45, 2.75) is 39.0 Å². The van der Waals surface area contributed by atoms with Crippen LogP contribution < -0.4 is 10.2 Å². The monoisotopic (exact) mass is 393 g/mol. The minimum Gasteiger partial charge on any atom is -0.392 e. The molecule has 1 heterocycles. The molecule has 1 aliphatic heterocycles. The lowest BCUT2D eigenvalue weighted by molar-refractivity contribution is -0.132. The number of hydrogen-bond acceptors (Lipinski definition) is 4. The number of aliphatic hydroxyl groups is 1. The molecule has 3 rings (SSSR count). The highest BCUT2D eigenvalue weighted by molar-refractivity contribution is 6.20. The first-order valence-electron chi connectivity index (χ1n) is 9.92. The number of amides is 2. The number of likely N-dealkylation sites (N-methyl/N-ethyl adjacent to an activating group) is 1. The van der Waals surface area contributed by atoms with Crippen LogP contribution in [0.2, 0.25) is 0 Å². The lowest BCUT2D eigenvalue weighted by Crippen LogP contribution is -2.49. The highest BCUT2D eigenvalue weighted by Crippen LogP contribution is 2.27. The van der Waals surface area contributed by atoms with E-state index in [-0.39, 0.29) is 11.8 Å². The van der Waals surface area contributed by atoms with Gasteiger partial charge in [0.15, 0.2) is 0 Å². The number of carbonyl (C=O) groups excluding carboxylic acids is 2. The van der Waals surface area contributed by atoms with Gasteiger partial charge in [0.2, 0.25) is 12.1 Å². The summed E-state index contributed by atoms with van der Waals surface area (Å²) in [4.78, 5) is 32.0. The van der Waals surface area contributed by atoms with Gasteiger partial charge in [0, 0.05) is 18.2 Å². The van der Waals surface area contributed by atoms with Crippen LogP contribution in [0.25, 0.3) is 0 Å². The number of benzene rings is 2. The molecule has 0 saturated carbocycles. The maximum absolute atomic E-state index is 13.1. The number of nitrogens with zero attached hydrogens (tertiary/aromatic N) is 2. The summed E-state index contributed by atoms with van der Waals surface area (Å²) in [6.07, 6.45) is -0.521. The Kier molecular flexibility index (Phi) is 6.44. The Labute approximate surface area is 171 Å². The van der Waals surface area contributed by atoms with Gasteiger partial charge in [-0.25, -0.2) is 4.99 Å². The number of anilines is 1. The van der Waals surface area contributed by atoms with Gasteiger partial charge in [-0.2, -0.15) is 0 Å². The molecule has 0 saturated heterocycles. The minimum absolute atomic E-state index is 0.325. The topological polar surface area (TPSA) is 82.0 Å². The van der Waals surface area contributed by atoms with Crippen molar-refractivity contribution in [3.63, 3.8) is 0 Å². The Morgan fingerprint density at radius 1 is 1.17 bits per heavy atom. The van der Waals surface area contributed by atoms with Crippen LogP contribution in [0.15, 0.2) is 59.6 Å². The van der Waals surface area contributed by atoms with Gasteiger partial charge in [0.25, 0.3) is 5.91 Å². The molecule has 2 N–H and O–H groups in total. The Hall–Kier alpha value is -2.99. The minimum atomic E-state index is -1.06. The maximum Gasteiger partial charge on any atom is 0.272 e. The molecule has 3 atom stereocenters. The van der Waals surface area contributed by atoms with Gasteiger partial charge in [0.05, 0.1) is 23.4 Å². The average molecular weight is 393 g/mol. The number of aliphatic hydroxyl groups excluding tert-OH is 1. The van der Waals surface area contributed by atoms with Crippen molar-refractivity contribution < 1.29 is 14.7 Å². The first kappa shape index (κ1) is 20.7. The third kappa shape index (κ3) is 4.38. The van der Waals surface area contributed by atoms with Gasteiger partial charge in [-0.15, -0.1) is 0 Å². The molecular weight excluding hydrogens is 366 g/mol. The quantitative estimate of drug-likeness (QED) is 0.792. The molecule has 0 fully saturated rings. The van der Waals surface area contributed by atoms with E-state index in [1.54, 1.807) is 14.0 Å². The summed E-state index contributed by atoms with van der Waals surface area (Å²) in [5.74, 6) is -1.34. The number of carbonyl (C=O) groups is 2. The summed E-state index contributed by atoms with van der Waals surface area (Å²) in [5, 5.41) is 12.9. The lowest BCUT2D eigenvalue weighted by atomic mass is 10.00. The Balaban J connectivity index is 2.00. The summed E-state index contributed by atoms with van der Waals surface area (Å²) < 4.78 is 0. The molecule has 0 aromatic heterocycles. The Morgan fingerprint density at radius 3 is 2.52 bits per heavy atom. The number of hydrogen-bond donors (Lipinski definition) is 2. The van der Waals surface area contributed by atoms with Gasteiger partial charge < -0.3 is 15.3 Å². The maximum atomic E-state index is 13.1. The van der Waals surface area contributed by atoms with Crippen LogP contribution in [0.5, 0.6) is 0 Å². The summed E-state index contributed by atoms with van der Waals surface area (Å²) in [7, 11) is 1.68. The summed E-state index contributed by atoms with van der Waals surface area (Å²) in [5.41, 5.74) is 3.06. The zero-order chi connectivity index (χ0) is 21.0. The van der Waals surface area contributed by atoms with Crippen molar-refractivity contribution in [2.75, 3.05) is 11.9 Å². The van der Waals surface area contributed by atoms with Crippen LogP contribution in [0.4, 0.5) is 5.69 Å². The summed E-state index contributed by atoms with van der Waals surface area (Å²) in [6.45, 7) is 3.61. The molecule has 2 aromatic rings. The van der Waals surface area contributed by atoms with E-state index >= 15 is 0 Å². The second-order valence-corrected chi connectivity index (χ2v) is 7.31. The fourth-order valence-electron chi connectivity index (χ4n) is 3.43. The fourth-order valence-corrected chi connectivity index (χ4v) is 3.43. The third-order valence-corrected chi connectivity index (χ3v) is 5.24. The van der Waals surface area contributed by atoms with Crippen molar-refractivity contribution in [2.24, 2.45) is 10.9 Å². The molecule has 2 unspecified atom stereocenters. The molecule has 6 nitrogen and oxygen atoms in total. The number of benzodiazepines with no additional fused rings is 1. The van der Waals surface area contributed by atoms with Crippen LogP contribution >= 0.6 is 0 Å². The highest BCUT2D eigenvalue weighted by atomic mass is 16.3. The number of rotatable bonds is 6. The van der Waals surface area contributed by atoms with Crippen molar-refractivity contribution in [3.05, 3.63) is 65.7 Å². The molecule has 6 heteroatoms. The van der Waals surface area contributed by atoms with Crippen LogP contribution in [0.3, 0.4) is 0 Å². The van der Waals surface area contributed by atoms with Gasteiger partial charge in [-0.3, -0.25) is 9.59 Å². The van der Waals surface area contributed by atoms with E-state index in [1.165, 1.54) is 4.90 Å². The molecule has 2 aromatic carbocycles. The van der Waals surface area contributed by atoms with Gasteiger partial charge in [0.1, 0.15) is 0 Å². The number of aliphatic imine (C=N–C) groups is 1. The van der Waals surface area contributed by atoms with E-state index in [4.69, 9.17) is 0 Å². The van der Waals surface area contributed by atoms with E-state index in [2.05, 4.69) is 10.3 Å². The SMILES string of the molecule is CCC[C@H](O)C(C)C(=O)NC1N=C(c2ccccc2)c2ccccc2N(C)C1=O. The molecular formula is C23H27N3O3. The predicted octanol–water partition coefficient (Wildman–Crippen LogP) is 2.74. The van der Waals surface area contributed by atoms with Gasteiger partial charge in [-0.05, 0) is 12.5 Å². The lowest BCUT2D eigenvalue weighted by Gasteiger charge is -2.23. The molecule has 152 valence electrons. The first-order valence-corrected chi connectivity index (χ1v) is 9.92. The Morgan fingerprint density at radius 2 is 1.83 bits per heavy atom. The molecule has 0 radical (unpaired) electrons. The number of para-hydroxylation sites is 1. The van der Waals surface area contributed by atoms with Crippen LogP contribution in [0, 0.1) is 5.92 Å². The number of fused-ring (bicyclic) bond motifs is 1. The van der Waals surface area contributed by atoms with E-state index in [0.717, 1.165) is 23.2 Å². The summed E-state index contributed by atoms with van der Waals surface area (Å²) >= 11 is 0. The smallest absolute Gasteiger partial charge is 0.272 e. The normalized spacial score (nSPS) is 18.3. The predicted molar refractivity (Wildman–Crippen MR) is 114 cm³/mol. The van der Waals surface area contributed by atoms with Crippen LogP contribution in [0.1, 0.15) is 37.8 Å². The molecule has 1 aliphatic rings. The highest BCUT2D eigenvalue weighted by Gasteiger charge is 2.32. The zero-order valence-corrected chi connectivity index (χ0v) is 17.0. The molecule has 29 heavy (non-hydrogen) atoms. The van der Waals surface area contributed by atoms with E-state index in [0.29, 0.717) is 12.1 Å². The van der Waals surface area contributed by atoms with Crippen molar-refractivity contribution in [3.8, 4) is 0 Å².